The summed E-state index contributed by atoms with van der Waals surface area (Å²) in [4.78, 5) is 35.3. The quantitative estimate of drug-likeness (QED) is 0.138. The molecule has 4 aromatic rings. The number of hydrogen-bond donors (Lipinski definition) is 1. The molecule has 11 heteroatoms. The maximum absolute atomic E-state index is 13.9. The summed E-state index contributed by atoms with van der Waals surface area (Å²) in [6.07, 6.45) is -2.67. The molecule has 1 saturated heterocycles. The van der Waals surface area contributed by atoms with Gasteiger partial charge >= 0.3 is 6.18 Å². The Labute approximate surface area is 293 Å². The van der Waals surface area contributed by atoms with E-state index in [-0.39, 0.29) is 11.7 Å². The molecule has 2 amide bonds. The third-order valence-electron chi connectivity index (χ3n) is 10.00. The van der Waals surface area contributed by atoms with Gasteiger partial charge in [-0.25, -0.2) is 4.39 Å². The van der Waals surface area contributed by atoms with E-state index in [0.717, 1.165) is 76.9 Å². The summed E-state index contributed by atoms with van der Waals surface area (Å²) in [5, 5.41) is 2.23. The van der Waals surface area contributed by atoms with Crippen molar-refractivity contribution in [2.75, 3.05) is 44.2 Å². The number of amides is 2. The zero-order valence-corrected chi connectivity index (χ0v) is 28.3. The molecule has 3 heterocycles. The third-order valence-corrected chi connectivity index (χ3v) is 11.2. The van der Waals surface area contributed by atoms with E-state index in [4.69, 9.17) is 0 Å². The van der Waals surface area contributed by atoms with Crippen LogP contribution in [0.2, 0.25) is 0 Å². The zero-order chi connectivity index (χ0) is 34.9. The number of alkyl halides is 3. The Morgan fingerprint density at radius 3 is 2.22 bits per heavy atom. The SMILES string of the molecule is O=C1c2cc(N3CCN(CCCCC4(C(=O)NCC(F)(F)F)c5ccccc5Sc5ccccc54)CC3)ccc2CN1Cc1cccc(F)c1. The van der Waals surface area contributed by atoms with E-state index < -0.39 is 24.0 Å². The molecule has 0 aliphatic carbocycles. The Hall–Kier alpha value is -4.35. The molecule has 260 valence electrons. The van der Waals surface area contributed by atoms with Gasteiger partial charge in [0.25, 0.3) is 5.91 Å². The summed E-state index contributed by atoms with van der Waals surface area (Å²) in [6.45, 7) is 3.54. The molecule has 3 aliphatic rings. The smallest absolute Gasteiger partial charge is 0.369 e. The number of benzene rings is 4. The Morgan fingerprint density at radius 1 is 0.840 bits per heavy atom. The zero-order valence-electron chi connectivity index (χ0n) is 27.5. The molecule has 50 heavy (non-hydrogen) atoms. The monoisotopic (exact) mass is 702 g/mol. The molecule has 7 rings (SSSR count). The summed E-state index contributed by atoms with van der Waals surface area (Å²) in [7, 11) is 0. The van der Waals surface area contributed by atoms with E-state index in [1.54, 1.807) is 22.7 Å². The summed E-state index contributed by atoms with van der Waals surface area (Å²) in [5.41, 5.74) is 3.71. The maximum Gasteiger partial charge on any atom is 0.405 e. The number of anilines is 1. The van der Waals surface area contributed by atoms with Crippen molar-refractivity contribution in [2.45, 2.75) is 53.7 Å². The number of carbonyl (C=O) groups excluding carboxylic acids is 2. The van der Waals surface area contributed by atoms with Crippen LogP contribution in [0.25, 0.3) is 0 Å². The van der Waals surface area contributed by atoms with E-state index in [1.165, 1.54) is 12.1 Å². The Kier molecular flexibility index (Phi) is 9.63. The van der Waals surface area contributed by atoms with E-state index in [9.17, 15) is 27.2 Å². The van der Waals surface area contributed by atoms with Crippen molar-refractivity contribution in [1.29, 1.82) is 0 Å². The molecule has 1 fully saturated rings. The summed E-state index contributed by atoms with van der Waals surface area (Å²) in [5.74, 6) is -0.978. The summed E-state index contributed by atoms with van der Waals surface area (Å²) < 4.78 is 53.5. The van der Waals surface area contributed by atoms with Crippen LogP contribution in [0.15, 0.2) is 101 Å². The number of unbranched alkanes of at least 4 members (excludes halogenated alkanes) is 1. The predicted molar refractivity (Wildman–Crippen MR) is 186 cm³/mol. The number of carbonyl (C=O) groups is 2. The van der Waals surface area contributed by atoms with Crippen molar-refractivity contribution in [3.8, 4) is 0 Å². The molecule has 0 saturated carbocycles. The van der Waals surface area contributed by atoms with Gasteiger partial charge in [0.2, 0.25) is 5.91 Å². The first-order chi connectivity index (χ1) is 24.1. The molecule has 0 unspecified atom stereocenters. The van der Waals surface area contributed by atoms with Crippen LogP contribution in [-0.4, -0.2) is 67.1 Å². The molecular weight excluding hydrogens is 665 g/mol. The highest BCUT2D eigenvalue weighted by molar-refractivity contribution is 7.99. The van der Waals surface area contributed by atoms with E-state index in [1.807, 2.05) is 66.7 Å². The van der Waals surface area contributed by atoms with Crippen molar-refractivity contribution < 1.29 is 27.2 Å². The molecule has 0 bridgehead atoms. The lowest BCUT2D eigenvalue weighted by molar-refractivity contribution is -0.141. The molecule has 0 radical (unpaired) electrons. The number of piperazine rings is 1. The number of halogens is 4. The Bertz CT molecular complexity index is 1850. The van der Waals surface area contributed by atoms with E-state index in [2.05, 4.69) is 21.2 Å². The van der Waals surface area contributed by atoms with Gasteiger partial charge in [-0.05, 0) is 78.0 Å². The van der Waals surface area contributed by atoms with Gasteiger partial charge < -0.3 is 15.1 Å². The van der Waals surface area contributed by atoms with Crippen molar-refractivity contribution in [3.63, 3.8) is 0 Å². The van der Waals surface area contributed by atoms with E-state index in [0.29, 0.717) is 31.5 Å². The van der Waals surface area contributed by atoms with Crippen molar-refractivity contribution >= 4 is 29.3 Å². The molecular formula is C39H38F4N4O2S. The second-order valence-electron chi connectivity index (χ2n) is 13.2. The first kappa shape index (κ1) is 34.1. The van der Waals surface area contributed by atoms with Crippen LogP contribution in [0.3, 0.4) is 0 Å². The fourth-order valence-electron chi connectivity index (χ4n) is 7.52. The number of hydrogen-bond acceptors (Lipinski definition) is 5. The van der Waals surface area contributed by atoms with Crippen LogP contribution >= 0.6 is 11.8 Å². The topological polar surface area (TPSA) is 55.9 Å². The standard InChI is InChI=1S/C39H38F4N4O2S/c40-29-9-7-8-27(22-29)24-47-25-28-14-15-30(23-31(28)36(47)48)46-20-18-45(19-21-46)17-6-5-16-38(37(49)44-26-39(41,42)43)32-10-1-3-12-34(32)50-35-13-4-2-11-33(35)38/h1-4,7-15,22-23H,5-6,16-21,24-26H2,(H,44,49). The minimum absolute atomic E-state index is 0.0450. The van der Waals surface area contributed by atoms with Crippen LogP contribution in [0.4, 0.5) is 23.2 Å². The molecule has 1 N–H and O–H groups in total. The lowest BCUT2D eigenvalue weighted by Gasteiger charge is -2.40. The van der Waals surface area contributed by atoms with Gasteiger partial charge in [-0.1, -0.05) is 72.8 Å². The van der Waals surface area contributed by atoms with Gasteiger partial charge in [0, 0.05) is 60.3 Å². The minimum atomic E-state index is -4.51. The number of nitrogens with one attached hydrogen (secondary N) is 1. The van der Waals surface area contributed by atoms with Crippen LogP contribution in [0, 0.1) is 5.82 Å². The second-order valence-corrected chi connectivity index (χ2v) is 14.3. The third kappa shape index (κ3) is 6.98. The number of fused-ring (bicyclic) bond motifs is 3. The lowest BCUT2D eigenvalue weighted by atomic mass is 9.69. The number of nitrogens with zero attached hydrogens (tertiary/aromatic N) is 3. The molecule has 4 aromatic carbocycles. The van der Waals surface area contributed by atoms with Gasteiger partial charge in [-0.3, -0.25) is 14.5 Å². The largest absolute Gasteiger partial charge is 0.405 e. The van der Waals surface area contributed by atoms with Gasteiger partial charge in [0.15, 0.2) is 0 Å². The van der Waals surface area contributed by atoms with Crippen LogP contribution < -0.4 is 10.2 Å². The molecule has 0 aromatic heterocycles. The van der Waals surface area contributed by atoms with Gasteiger partial charge in [0.1, 0.15) is 17.8 Å². The van der Waals surface area contributed by atoms with Crippen molar-refractivity contribution in [3.05, 3.63) is 125 Å². The highest BCUT2D eigenvalue weighted by atomic mass is 32.2. The minimum Gasteiger partial charge on any atom is -0.369 e. The van der Waals surface area contributed by atoms with Crippen molar-refractivity contribution in [2.24, 2.45) is 0 Å². The maximum atomic E-state index is 13.9. The average Bonchev–Trinajstić information content (AvgIpc) is 3.42. The van der Waals surface area contributed by atoms with Gasteiger partial charge in [-0.2, -0.15) is 13.2 Å². The predicted octanol–water partition coefficient (Wildman–Crippen LogP) is 7.40. The highest BCUT2D eigenvalue weighted by Gasteiger charge is 2.47. The second kappa shape index (κ2) is 14.1. The van der Waals surface area contributed by atoms with Crippen LogP contribution in [0.1, 0.15) is 51.9 Å². The normalized spacial score (nSPS) is 16.9. The van der Waals surface area contributed by atoms with E-state index >= 15 is 0 Å². The summed E-state index contributed by atoms with van der Waals surface area (Å²) >= 11 is 1.54. The highest BCUT2D eigenvalue weighted by Crippen LogP contribution is 2.51. The fourth-order valence-corrected chi connectivity index (χ4v) is 8.76. The van der Waals surface area contributed by atoms with Gasteiger partial charge in [0.05, 0.1) is 0 Å². The summed E-state index contributed by atoms with van der Waals surface area (Å²) in [6, 6.07) is 27.5. The first-order valence-corrected chi connectivity index (χ1v) is 17.8. The molecule has 0 atom stereocenters. The first-order valence-electron chi connectivity index (χ1n) is 17.0. The molecule has 6 nitrogen and oxygen atoms in total. The Balaban J connectivity index is 0.974. The van der Waals surface area contributed by atoms with Gasteiger partial charge in [-0.15, -0.1) is 0 Å². The van der Waals surface area contributed by atoms with Crippen molar-refractivity contribution in [1.82, 2.24) is 15.1 Å². The van der Waals surface area contributed by atoms with Crippen LogP contribution in [-0.2, 0) is 23.3 Å². The molecule has 3 aliphatic heterocycles. The average molecular weight is 703 g/mol. The fraction of sp³-hybridized carbons (Fsp3) is 0.333. The van der Waals surface area contributed by atoms with Crippen LogP contribution in [0.5, 0.6) is 0 Å². The molecule has 0 spiro atoms. The number of rotatable bonds is 10. The lowest BCUT2D eigenvalue weighted by Crippen LogP contribution is -2.49. The Morgan fingerprint density at radius 2 is 1.54 bits per heavy atom.